The molecule has 0 aliphatic carbocycles. The van der Waals surface area contributed by atoms with E-state index in [0.717, 1.165) is 106 Å². The van der Waals surface area contributed by atoms with Crippen LogP contribution in [0.5, 0.6) is 0 Å². The number of carbonyl (C=O) groups is 2. The molecule has 1 amide bonds. The van der Waals surface area contributed by atoms with E-state index in [-0.39, 0.29) is 32.8 Å². The van der Waals surface area contributed by atoms with Gasteiger partial charge >= 0.3 is 0 Å². The Labute approximate surface area is 520 Å². The van der Waals surface area contributed by atoms with Gasteiger partial charge in [0, 0.05) is 12.1 Å². The lowest BCUT2D eigenvalue weighted by molar-refractivity contribution is -0.134. The van der Waals surface area contributed by atoms with Crippen LogP contribution >= 0.6 is 69.6 Å². The molecule has 7 aromatic heterocycles. The molecule has 7 N–H and O–H groups in total. The van der Waals surface area contributed by atoms with Crippen LogP contribution in [-0.2, 0) is 16.0 Å². The second-order valence-corrected chi connectivity index (χ2v) is 21.8. The number of benzene rings is 6. The number of ketones is 1. The van der Waals surface area contributed by atoms with Crippen LogP contribution in [0.15, 0.2) is 109 Å². The number of fused-ring (bicyclic) bond motifs is 10. The number of nitrogen functional groups attached to an aromatic ring is 2. The van der Waals surface area contributed by atoms with Gasteiger partial charge in [-0.25, -0.2) is 51.6 Å². The number of anilines is 3. The van der Waals surface area contributed by atoms with E-state index >= 15 is 0 Å². The van der Waals surface area contributed by atoms with Gasteiger partial charge in [-0.1, -0.05) is 118 Å². The number of Topliss-reactive ketones (excluding diaryl/α,β-unsaturated/α-hetero) is 1. The Balaban J connectivity index is 0.000000124. The molecule has 0 bridgehead atoms. The number of halogens is 6. The number of nitrogens with one attached hydrogen (secondary N) is 3. The van der Waals surface area contributed by atoms with Crippen molar-refractivity contribution in [2.24, 2.45) is 11.7 Å². The molecule has 0 atom stereocenters. The average Bonchev–Trinajstić information content (AvgIpc) is 1.75. The summed E-state index contributed by atoms with van der Waals surface area (Å²) in [5.41, 5.74) is 22.8. The van der Waals surface area contributed by atoms with E-state index in [4.69, 9.17) is 81.3 Å². The van der Waals surface area contributed by atoms with Crippen molar-refractivity contribution in [3.8, 4) is 0 Å². The first kappa shape index (κ1) is 61.9. The van der Waals surface area contributed by atoms with Gasteiger partial charge in [0.15, 0.2) is 53.8 Å². The molecule has 0 fully saturated rings. The number of hydrogen-bond donors (Lipinski definition) is 5. The van der Waals surface area contributed by atoms with Crippen LogP contribution in [-0.4, -0.2) is 80.8 Å². The molecule has 13 aromatic rings. The SMILES string of the molecule is Cc1ccc2c(c1)CC(=O)C(=O)N2.Cc1ccc2c(c1)nc(Cl)c1nnc(C)n12.Cc1ccc2nc(Cl)c(Cl)nc2c1.Cc1ccc2nc(Cl)c(NN)nc2c1.Cc1ccc2nc(Cl)c3nnc(C)n3c2c1.Cc1ccc2nc(NN)c(Cl)nc2c1. The zero-order valence-corrected chi connectivity index (χ0v) is 51.6. The molecule has 1 aliphatic rings. The maximum absolute atomic E-state index is 11.1. The van der Waals surface area contributed by atoms with Crippen molar-refractivity contribution in [2.75, 3.05) is 16.2 Å². The molecule has 8 heterocycles. The zero-order valence-electron chi connectivity index (χ0n) is 47.1. The molecule has 0 saturated heterocycles. The molecule has 27 heteroatoms. The van der Waals surface area contributed by atoms with Gasteiger partial charge in [0.2, 0.25) is 5.78 Å². The van der Waals surface area contributed by atoms with E-state index in [9.17, 15) is 9.59 Å². The molecule has 0 radical (unpaired) electrons. The van der Waals surface area contributed by atoms with Crippen molar-refractivity contribution in [3.63, 3.8) is 0 Å². The van der Waals surface area contributed by atoms with Crippen LogP contribution in [0.2, 0.25) is 30.9 Å². The largest absolute Gasteiger partial charge is 0.319 e. The number of amides is 1. The van der Waals surface area contributed by atoms with Crippen LogP contribution in [0.25, 0.3) is 66.5 Å². The summed E-state index contributed by atoms with van der Waals surface area (Å²) < 4.78 is 3.85. The number of nitrogens with zero attached hydrogens (tertiary/aromatic N) is 14. The van der Waals surface area contributed by atoms with Gasteiger partial charge in [-0.15, -0.1) is 20.4 Å². The van der Waals surface area contributed by atoms with Crippen LogP contribution in [0.1, 0.15) is 50.6 Å². The number of aryl methyl sites for hydroxylation is 8. The van der Waals surface area contributed by atoms with Gasteiger partial charge in [0.1, 0.15) is 11.6 Å². The number of aromatic nitrogens is 14. The molecular weight excluding hydrogens is 1220 g/mol. The lowest BCUT2D eigenvalue weighted by atomic mass is 10.0. The van der Waals surface area contributed by atoms with Crippen molar-refractivity contribution >= 4 is 165 Å². The highest BCUT2D eigenvalue weighted by Gasteiger charge is 2.23. The fraction of sp³-hybridized carbons (Fsp3) is 0.153. The van der Waals surface area contributed by atoms with E-state index in [1.165, 1.54) is 5.56 Å². The lowest BCUT2D eigenvalue weighted by Gasteiger charge is -2.15. The molecule has 0 spiro atoms. The van der Waals surface area contributed by atoms with Crippen molar-refractivity contribution < 1.29 is 9.59 Å². The smallest absolute Gasteiger partial charge is 0.292 e. The maximum Gasteiger partial charge on any atom is 0.292 e. The molecule has 86 heavy (non-hydrogen) atoms. The van der Waals surface area contributed by atoms with Gasteiger partial charge in [0.25, 0.3) is 5.91 Å². The van der Waals surface area contributed by atoms with Gasteiger partial charge in [-0.3, -0.25) is 18.4 Å². The van der Waals surface area contributed by atoms with Crippen molar-refractivity contribution in [1.82, 2.24) is 69.1 Å². The van der Waals surface area contributed by atoms with E-state index < -0.39 is 5.91 Å². The highest BCUT2D eigenvalue weighted by molar-refractivity contribution is 6.42. The predicted octanol–water partition coefficient (Wildman–Crippen LogP) is 13.2. The molecule has 14 rings (SSSR count). The van der Waals surface area contributed by atoms with Crippen LogP contribution < -0.4 is 27.9 Å². The van der Waals surface area contributed by atoms with Gasteiger partial charge in [-0.2, -0.15) is 0 Å². The minimum atomic E-state index is -0.503. The summed E-state index contributed by atoms with van der Waals surface area (Å²) in [6.07, 6.45) is 0.225. The Morgan fingerprint density at radius 3 is 1.30 bits per heavy atom. The lowest BCUT2D eigenvalue weighted by Crippen LogP contribution is -2.29. The van der Waals surface area contributed by atoms with Gasteiger partial charge < -0.3 is 16.2 Å². The standard InChI is InChI=1S/2C11H9ClN4.C10H9NO2.C9H6Cl2N2.2C9H9ClN4/c1-6-3-4-9-8(5-6)13-10(12)11-15-14-7(2)16(9)11;1-6-3-4-8-9(5-6)16-7(2)14-15-11(16)10(12)13-8;1-6-2-3-8-7(4-6)5-9(12)10(13)11-8;1-5-2-3-6-7(4-5)13-9(11)8(10)12-6;1-5-2-3-6-7(4-5)12-8(10)9(13-6)14-11;1-5-2-3-6-7(4-5)13-9(14-11)8(10)12-6/h2*3-5H,1-2H3;2-4H,5H2,1H3,(H,11,13);2-4H,1H3;2*2-4H,11H2,1H3,(H,13,14). The van der Waals surface area contributed by atoms with Crippen LogP contribution in [0, 0.1) is 55.4 Å². The van der Waals surface area contributed by atoms with Gasteiger partial charge in [0.05, 0.1) is 55.2 Å². The second kappa shape index (κ2) is 26.7. The number of hydrazine groups is 2. The van der Waals surface area contributed by atoms with Crippen molar-refractivity contribution in [1.29, 1.82) is 0 Å². The summed E-state index contributed by atoms with van der Waals surface area (Å²) in [5, 5.41) is 20.5. The van der Waals surface area contributed by atoms with E-state index in [0.29, 0.717) is 33.2 Å². The normalized spacial score (nSPS) is 11.6. The summed E-state index contributed by atoms with van der Waals surface area (Å²) in [6.45, 7) is 15.8. The average molecular weight is 1270 g/mol. The fourth-order valence-corrected chi connectivity index (χ4v) is 9.80. The highest BCUT2D eigenvalue weighted by atomic mass is 35.5. The van der Waals surface area contributed by atoms with Crippen molar-refractivity contribution in [3.05, 3.63) is 191 Å². The Morgan fingerprint density at radius 2 is 0.767 bits per heavy atom. The maximum atomic E-state index is 11.1. The minimum absolute atomic E-state index is 0.225. The topological polar surface area (TPSA) is 286 Å². The molecular formula is C59H51Cl6N19O2. The van der Waals surface area contributed by atoms with E-state index in [1.807, 2.05) is 167 Å². The summed E-state index contributed by atoms with van der Waals surface area (Å²) in [6, 6.07) is 35.0. The molecule has 6 aromatic carbocycles. The minimum Gasteiger partial charge on any atom is -0.319 e. The number of carbonyl (C=O) groups excluding carboxylic acids is 2. The molecule has 21 nitrogen and oxygen atoms in total. The van der Waals surface area contributed by atoms with Crippen molar-refractivity contribution in [2.45, 2.75) is 61.8 Å². The Hall–Kier alpha value is -8.64. The molecule has 0 unspecified atom stereocenters. The quantitative estimate of drug-likeness (QED) is 0.0611. The third kappa shape index (κ3) is 14.2. The molecule has 436 valence electrons. The number of nitrogens with two attached hydrogens (primary N) is 2. The predicted molar refractivity (Wildman–Crippen MR) is 343 cm³/mol. The summed E-state index contributed by atoms with van der Waals surface area (Å²) in [5.74, 6) is 12.0. The third-order valence-electron chi connectivity index (χ3n) is 12.9. The molecule has 1 aliphatic heterocycles. The highest BCUT2D eigenvalue weighted by Crippen LogP contribution is 2.27. The van der Waals surface area contributed by atoms with Gasteiger partial charge in [-0.05, 0) is 156 Å². The summed E-state index contributed by atoms with van der Waals surface area (Å²) in [7, 11) is 0. The first-order valence-electron chi connectivity index (χ1n) is 26.0. The first-order chi connectivity index (χ1) is 41.1. The Morgan fingerprint density at radius 1 is 0.395 bits per heavy atom. The fourth-order valence-electron chi connectivity index (χ4n) is 8.73. The zero-order chi connectivity index (χ0) is 61.7. The summed E-state index contributed by atoms with van der Waals surface area (Å²) >= 11 is 35.2. The van der Waals surface area contributed by atoms with Crippen LogP contribution in [0.3, 0.4) is 0 Å². The monoisotopic (exact) mass is 1270 g/mol. The third-order valence-corrected chi connectivity index (χ3v) is 14.5. The summed E-state index contributed by atoms with van der Waals surface area (Å²) in [4.78, 5) is 55.6. The van der Waals surface area contributed by atoms with Crippen LogP contribution in [0.4, 0.5) is 17.3 Å². The first-order valence-corrected chi connectivity index (χ1v) is 28.2. The van der Waals surface area contributed by atoms with E-state index in [2.05, 4.69) is 82.5 Å². The Bertz CT molecular complexity index is 4770. The second-order valence-electron chi connectivity index (χ2n) is 19.6. The number of rotatable bonds is 2. The Kier molecular flexibility index (Phi) is 19.2. The number of hydrogen-bond acceptors (Lipinski definition) is 18. The van der Waals surface area contributed by atoms with E-state index in [1.54, 1.807) is 0 Å². The molecule has 0 saturated carbocycles.